The topological polar surface area (TPSA) is 21.3 Å². The first-order chi connectivity index (χ1) is 6.45. The molecule has 2 aliphatic rings. The molecule has 13 heavy (non-hydrogen) atoms. The Bertz CT molecular complexity index is 183. The van der Waals surface area contributed by atoms with Gasteiger partial charge in [0.15, 0.2) is 0 Å². The van der Waals surface area contributed by atoms with Crippen LogP contribution in [0.4, 0.5) is 0 Å². The lowest BCUT2D eigenvalue weighted by molar-refractivity contribution is 0.0735. The predicted molar refractivity (Wildman–Crippen MR) is 53.8 cm³/mol. The molecule has 0 aromatic rings. The zero-order chi connectivity index (χ0) is 8.93. The van der Waals surface area contributed by atoms with Crippen LogP contribution in [-0.4, -0.2) is 25.8 Å². The molecule has 0 bridgehead atoms. The summed E-state index contributed by atoms with van der Waals surface area (Å²) in [6.45, 7) is 3.04. The maximum atomic E-state index is 5.85. The lowest BCUT2D eigenvalue weighted by Gasteiger charge is -2.16. The molecule has 0 amide bonds. The van der Waals surface area contributed by atoms with Gasteiger partial charge in [-0.25, -0.2) is 0 Å². The van der Waals surface area contributed by atoms with Crippen LogP contribution in [0.5, 0.6) is 0 Å². The van der Waals surface area contributed by atoms with Gasteiger partial charge in [0.25, 0.3) is 0 Å². The Morgan fingerprint density at radius 1 is 1.38 bits per heavy atom. The van der Waals surface area contributed by atoms with E-state index < -0.39 is 0 Å². The molecule has 0 spiro atoms. The van der Waals surface area contributed by atoms with Gasteiger partial charge in [0.05, 0.1) is 12.7 Å². The second kappa shape index (κ2) is 4.77. The van der Waals surface area contributed by atoms with Crippen molar-refractivity contribution < 1.29 is 4.74 Å². The lowest BCUT2D eigenvalue weighted by Crippen LogP contribution is -2.23. The average molecular weight is 181 g/mol. The Labute approximate surface area is 80.4 Å². The van der Waals surface area contributed by atoms with Crippen LogP contribution < -0.4 is 5.32 Å². The standard InChI is InChI=1S/C11H19NO/c1-2-4-11(3-1)13-9-10-5-7-12-8-6-10/h5,11-12H,1-4,6-9H2. The van der Waals surface area contributed by atoms with E-state index in [0.29, 0.717) is 6.10 Å². The van der Waals surface area contributed by atoms with E-state index in [2.05, 4.69) is 11.4 Å². The van der Waals surface area contributed by atoms with Crippen LogP contribution in [0.25, 0.3) is 0 Å². The molecular formula is C11H19NO. The molecule has 1 aliphatic heterocycles. The van der Waals surface area contributed by atoms with Crippen LogP contribution in [0, 0.1) is 0 Å². The largest absolute Gasteiger partial charge is 0.374 e. The van der Waals surface area contributed by atoms with Gasteiger partial charge in [0.2, 0.25) is 0 Å². The summed E-state index contributed by atoms with van der Waals surface area (Å²) in [6, 6.07) is 0. The summed E-state index contributed by atoms with van der Waals surface area (Å²) in [7, 11) is 0. The summed E-state index contributed by atoms with van der Waals surface area (Å²) >= 11 is 0. The summed E-state index contributed by atoms with van der Waals surface area (Å²) in [5, 5.41) is 3.31. The predicted octanol–water partition coefficient (Wildman–Crippen LogP) is 1.87. The highest BCUT2D eigenvalue weighted by molar-refractivity contribution is 5.07. The molecule has 2 nitrogen and oxygen atoms in total. The van der Waals surface area contributed by atoms with Crippen LogP contribution in [0.2, 0.25) is 0 Å². The highest BCUT2D eigenvalue weighted by Crippen LogP contribution is 2.21. The monoisotopic (exact) mass is 181 g/mol. The summed E-state index contributed by atoms with van der Waals surface area (Å²) in [6.07, 6.45) is 9.31. The molecule has 1 fully saturated rings. The Hall–Kier alpha value is -0.340. The average Bonchev–Trinajstić information content (AvgIpc) is 2.69. The van der Waals surface area contributed by atoms with E-state index in [1.807, 2.05) is 0 Å². The smallest absolute Gasteiger partial charge is 0.0681 e. The van der Waals surface area contributed by atoms with Crippen molar-refractivity contribution in [3.05, 3.63) is 11.6 Å². The van der Waals surface area contributed by atoms with Gasteiger partial charge in [-0.3, -0.25) is 0 Å². The van der Waals surface area contributed by atoms with E-state index in [1.165, 1.54) is 37.7 Å². The number of nitrogens with one attached hydrogen (secondary N) is 1. The molecular weight excluding hydrogens is 162 g/mol. The molecule has 0 aromatic heterocycles. The van der Waals surface area contributed by atoms with Gasteiger partial charge in [-0.2, -0.15) is 0 Å². The van der Waals surface area contributed by atoms with E-state index in [-0.39, 0.29) is 0 Å². The minimum Gasteiger partial charge on any atom is -0.374 e. The molecule has 1 saturated carbocycles. The van der Waals surface area contributed by atoms with Crippen LogP contribution in [-0.2, 0) is 4.74 Å². The summed E-state index contributed by atoms with van der Waals surface area (Å²) < 4.78 is 5.85. The van der Waals surface area contributed by atoms with Crippen molar-refractivity contribution in [3.8, 4) is 0 Å². The van der Waals surface area contributed by atoms with Crippen molar-refractivity contribution in [2.75, 3.05) is 19.7 Å². The summed E-state index contributed by atoms with van der Waals surface area (Å²) in [4.78, 5) is 0. The molecule has 0 radical (unpaired) electrons. The van der Waals surface area contributed by atoms with Crippen molar-refractivity contribution in [3.63, 3.8) is 0 Å². The molecule has 1 N–H and O–H groups in total. The number of rotatable bonds is 3. The normalized spacial score (nSPS) is 24.8. The van der Waals surface area contributed by atoms with Gasteiger partial charge in [0, 0.05) is 6.54 Å². The van der Waals surface area contributed by atoms with E-state index in [1.54, 1.807) is 0 Å². The van der Waals surface area contributed by atoms with E-state index in [9.17, 15) is 0 Å². The van der Waals surface area contributed by atoms with Crippen molar-refractivity contribution in [1.82, 2.24) is 5.32 Å². The second-order valence-corrected chi connectivity index (χ2v) is 4.03. The van der Waals surface area contributed by atoms with E-state index in [4.69, 9.17) is 4.74 Å². The minimum atomic E-state index is 0.566. The van der Waals surface area contributed by atoms with Gasteiger partial charge >= 0.3 is 0 Å². The van der Waals surface area contributed by atoms with Crippen LogP contribution in [0.3, 0.4) is 0 Å². The van der Waals surface area contributed by atoms with Gasteiger partial charge in [-0.15, -0.1) is 0 Å². The Kier molecular flexibility index (Phi) is 3.39. The molecule has 0 unspecified atom stereocenters. The molecule has 0 aromatic carbocycles. The third-order valence-corrected chi connectivity index (χ3v) is 2.96. The first kappa shape index (κ1) is 9.22. The Balaban J connectivity index is 1.68. The zero-order valence-electron chi connectivity index (χ0n) is 8.22. The lowest BCUT2D eigenvalue weighted by atomic mass is 10.1. The third-order valence-electron chi connectivity index (χ3n) is 2.96. The molecule has 0 atom stereocenters. The van der Waals surface area contributed by atoms with Crippen molar-refractivity contribution in [2.45, 2.75) is 38.2 Å². The van der Waals surface area contributed by atoms with Crippen molar-refractivity contribution in [1.29, 1.82) is 0 Å². The van der Waals surface area contributed by atoms with Gasteiger partial charge in [0.1, 0.15) is 0 Å². The molecule has 2 heteroatoms. The first-order valence-corrected chi connectivity index (χ1v) is 5.45. The highest BCUT2D eigenvalue weighted by atomic mass is 16.5. The summed E-state index contributed by atoms with van der Waals surface area (Å²) in [5.41, 5.74) is 1.49. The fourth-order valence-corrected chi connectivity index (χ4v) is 2.08. The van der Waals surface area contributed by atoms with Crippen molar-refractivity contribution in [2.24, 2.45) is 0 Å². The number of hydrogen-bond donors (Lipinski definition) is 1. The van der Waals surface area contributed by atoms with Crippen LogP contribution in [0.1, 0.15) is 32.1 Å². The first-order valence-electron chi connectivity index (χ1n) is 5.45. The third kappa shape index (κ3) is 2.82. The highest BCUT2D eigenvalue weighted by Gasteiger charge is 2.15. The SMILES string of the molecule is C1=C(COC2CCCC2)CCNC1. The molecule has 2 rings (SSSR count). The fraction of sp³-hybridized carbons (Fsp3) is 0.818. The fourth-order valence-electron chi connectivity index (χ4n) is 2.08. The van der Waals surface area contributed by atoms with Crippen LogP contribution >= 0.6 is 0 Å². The quantitative estimate of drug-likeness (QED) is 0.671. The number of ether oxygens (including phenoxy) is 1. The van der Waals surface area contributed by atoms with Gasteiger partial charge < -0.3 is 10.1 Å². The Morgan fingerprint density at radius 3 is 2.92 bits per heavy atom. The zero-order valence-corrected chi connectivity index (χ0v) is 8.22. The van der Waals surface area contributed by atoms with E-state index >= 15 is 0 Å². The van der Waals surface area contributed by atoms with Gasteiger partial charge in [-0.05, 0) is 31.4 Å². The van der Waals surface area contributed by atoms with Crippen LogP contribution in [0.15, 0.2) is 11.6 Å². The molecule has 0 saturated heterocycles. The maximum absolute atomic E-state index is 5.85. The summed E-state index contributed by atoms with van der Waals surface area (Å²) in [5.74, 6) is 0. The number of hydrogen-bond acceptors (Lipinski definition) is 2. The second-order valence-electron chi connectivity index (χ2n) is 4.03. The molecule has 1 aliphatic carbocycles. The minimum absolute atomic E-state index is 0.566. The molecule has 74 valence electrons. The van der Waals surface area contributed by atoms with Crippen molar-refractivity contribution >= 4 is 0 Å². The molecule has 1 heterocycles. The van der Waals surface area contributed by atoms with Gasteiger partial charge in [-0.1, -0.05) is 18.9 Å². The van der Waals surface area contributed by atoms with E-state index in [0.717, 1.165) is 19.7 Å². The Morgan fingerprint density at radius 2 is 2.23 bits per heavy atom. The maximum Gasteiger partial charge on any atom is 0.0681 e.